The van der Waals surface area contributed by atoms with Crippen LogP contribution in [0, 0.1) is 0 Å². The number of para-hydroxylation sites is 1. The van der Waals surface area contributed by atoms with Crippen molar-refractivity contribution in [2.45, 2.75) is 109 Å². The highest BCUT2D eigenvalue weighted by Gasteiger charge is 2.05. The molecule has 0 aliphatic heterocycles. The minimum atomic E-state index is -0.130. The van der Waals surface area contributed by atoms with Gasteiger partial charge in [-0.05, 0) is 31.4 Å². The summed E-state index contributed by atoms with van der Waals surface area (Å²) in [6.07, 6.45) is 16.7. The standard InChI is InChI=1S/C24H40O3/c1-2-3-4-12-17-22(25)18-13-9-7-5-6-8-10-16-21-24(26)27-23-19-14-11-15-20-23/h11,14-15,19-20,22,25H,2-10,12-13,16-18,21H2,1H3. The maximum Gasteiger partial charge on any atom is 0.311 e. The number of hydrogen-bond donors (Lipinski definition) is 1. The Morgan fingerprint density at radius 1 is 0.815 bits per heavy atom. The second-order valence-electron chi connectivity index (χ2n) is 7.66. The molecule has 0 saturated heterocycles. The van der Waals surface area contributed by atoms with E-state index in [1.807, 2.05) is 30.3 Å². The summed E-state index contributed by atoms with van der Waals surface area (Å²) in [4.78, 5) is 11.7. The first-order valence-corrected chi connectivity index (χ1v) is 11.2. The number of esters is 1. The molecule has 0 aliphatic carbocycles. The number of hydrogen-bond acceptors (Lipinski definition) is 3. The summed E-state index contributed by atoms with van der Waals surface area (Å²) in [5.41, 5.74) is 0. The van der Waals surface area contributed by atoms with Crippen molar-refractivity contribution in [3.05, 3.63) is 30.3 Å². The van der Waals surface area contributed by atoms with Crippen molar-refractivity contribution >= 4 is 5.97 Å². The third-order valence-electron chi connectivity index (χ3n) is 5.03. The zero-order chi connectivity index (χ0) is 19.6. The lowest BCUT2D eigenvalue weighted by atomic mass is 10.0. The van der Waals surface area contributed by atoms with Crippen LogP contribution in [0.2, 0.25) is 0 Å². The zero-order valence-electron chi connectivity index (χ0n) is 17.3. The second-order valence-corrected chi connectivity index (χ2v) is 7.66. The molecule has 1 rings (SSSR count). The third kappa shape index (κ3) is 14.4. The number of aliphatic hydroxyl groups is 1. The molecule has 1 aromatic rings. The molecule has 0 radical (unpaired) electrons. The maximum absolute atomic E-state index is 11.7. The van der Waals surface area contributed by atoms with Crippen LogP contribution in [0.1, 0.15) is 103 Å². The fourth-order valence-corrected chi connectivity index (χ4v) is 3.33. The van der Waals surface area contributed by atoms with Crippen LogP contribution in [0.3, 0.4) is 0 Å². The molecule has 0 fully saturated rings. The van der Waals surface area contributed by atoms with Crippen LogP contribution in [-0.4, -0.2) is 17.2 Å². The smallest absolute Gasteiger partial charge is 0.311 e. The number of benzene rings is 1. The van der Waals surface area contributed by atoms with Crippen LogP contribution < -0.4 is 4.74 Å². The Labute approximate surface area is 166 Å². The summed E-state index contributed by atoms with van der Waals surface area (Å²) in [6, 6.07) is 9.27. The summed E-state index contributed by atoms with van der Waals surface area (Å²) in [7, 11) is 0. The molecular weight excluding hydrogens is 336 g/mol. The van der Waals surface area contributed by atoms with Crippen molar-refractivity contribution in [1.29, 1.82) is 0 Å². The number of unbranched alkanes of at least 4 members (excludes halogenated alkanes) is 10. The van der Waals surface area contributed by atoms with Gasteiger partial charge >= 0.3 is 5.97 Å². The van der Waals surface area contributed by atoms with Crippen molar-refractivity contribution in [2.75, 3.05) is 0 Å². The average molecular weight is 377 g/mol. The Morgan fingerprint density at radius 3 is 1.93 bits per heavy atom. The van der Waals surface area contributed by atoms with Gasteiger partial charge in [0.15, 0.2) is 0 Å². The van der Waals surface area contributed by atoms with E-state index in [-0.39, 0.29) is 12.1 Å². The lowest BCUT2D eigenvalue weighted by Crippen LogP contribution is -2.07. The monoisotopic (exact) mass is 376 g/mol. The van der Waals surface area contributed by atoms with Gasteiger partial charge in [-0.1, -0.05) is 95.8 Å². The van der Waals surface area contributed by atoms with Gasteiger partial charge in [0.05, 0.1) is 6.10 Å². The van der Waals surface area contributed by atoms with E-state index in [2.05, 4.69) is 6.92 Å². The quantitative estimate of drug-likeness (QED) is 0.184. The van der Waals surface area contributed by atoms with Gasteiger partial charge in [-0.2, -0.15) is 0 Å². The molecule has 1 N–H and O–H groups in total. The molecule has 1 aromatic carbocycles. The van der Waals surface area contributed by atoms with Crippen molar-refractivity contribution < 1.29 is 14.6 Å². The van der Waals surface area contributed by atoms with Gasteiger partial charge in [-0.3, -0.25) is 4.79 Å². The summed E-state index contributed by atoms with van der Waals surface area (Å²) in [5.74, 6) is 0.503. The van der Waals surface area contributed by atoms with Crippen LogP contribution >= 0.6 is 0 Å². The lowest BCUT2D eigenvalue weighted by molar-refractivity contribution is -0.134. The number of carbonyl (C=O) groups excluding carboxylic acids is 1. The van der Waals surface area contributed by atoms with E-state index >= 15 is 0 Å². The van der Waals surface area contributed by atoms with Crippen LogP contribution in [0.4, 0.5) is 0 Å². The highest BCUT2D eigenvalue weighted by molar-refractivity contribution is 5.72. The lowest BCUT2D eigenvalue weighted by Gasteiger charge is -2.10. The SMILES string of the molecule is CCCCCCC(O)CCCCCCCCCCC(=O)Oc1ccccc1. The highest BCUT2D eigenvalue weighted by atomic mass is 16.5. The molecule has 0 aliphatic rings. The molecular formula is C24H40O3. The fourth-order valence-electron chi connectivity index (χ4n) is 3.33. The van der Waals surface area contributed by atoms with E-state index < -0.39 is 0 Å². The van der Waals surface area contributed by atoms with E-state index in [4.69, 9.17) is 4.74 Å². The van der Waals surface area contributed by atoms with Crippen molar-refractivity contribution in [3.63, 3.8) is 0 Å². The minimum absolute atomic E-state index is 0.0856. The van der Waals surface area contributed by atoms with Crippen LogP contribution in [0.15, 0.2) is 30.3 Å². The maximum atomic E-state index is 11.7. The predicted octanol–water partition coefficient (Wildman–Crippen LogP) is 6.82. The predicted molar refractivity (Wildman–Crippen MR) is 113 cm³/mol. The Bertz CT molecular complexity index is 458. The molecule has 0 spiro atoms. The molecule has 1 unspecified atom stereocenters. The fraction of sp³-hybridized carbons (Fsp3) is 0.708. The first-order valence-electron chi connectivity index (χ1n) is 11.2. The van der Waals surface area contributed by atoms with E-state index in [0.717, 1.165) is 32.1 Å². The summed E-state index contributed by atoms with van der Waals surface area (Å²) >= 11 is 0. The van der Waals surface area contributed by atoms with Gasteiger partial charge in [-0.25, -0.2) is 0 Å². The largest absolute Gasteiger partial charge is 0.427 e. The average Bonchev–Trinajstić information content (AvgIpc) is 2.67. The topological polar surface area (TPSA) is 46.5 Å². The van der Waals surface area contributed by atoms with Crippen LogP contribution in [-0.2, 0) is 4.79 Å². The van der Waals surface area contributed by atoms with Crippen molar-refractivity contribution in [3.8, 4) is 5.75 Å². The molecule has 1 atom stereocenters. The Kier molecular flexibility index (Phi) is 14.7. The molecule has 0 saturated carbocycles. The van der Waals surface area contributed by atoms with E-state index in [9.17, 15) is 9.90 Å². The Balaban J connectivity index is 1.83. The number of aliphatic hydroxyl groups excluding tert-OH is 1. The van der Waals surface area contributed by atoms with E-state index in [1.54, 1.807) is 0 Å². The van der Waals surface area contributed by atoms with Crippen LogP contribution in [0.25, 0.3) is 0 Å². The van der Waals surface area contributed by atoms with Crippen LogP contribution in [0.5, 0.6) is 5.75 Å². The molecule has 0 amide bonds. The Morgan fingerprint density at radius 2 is 1.33 bits per heavy atom. The zero-order valence-corrected chi connectivity index (χ0v) is 17.3. The molecule has 27 heavy (non-hydrogen) atoms. The molecule has 3 heteroatoms. The van der Waals surface area contributed by atoms with E-state index in [0.29, 0.717) is 12.2 Å². The van der Waals surface area contributed by atoms with Crippen molar-refractivity contribution in [1.82, 2.24) is 0 Å². The molecule has 0 bridgehead atoms. The Hall–Kier alpha value is -1.35. The first kappa shape index (κ1) is 23.7. The van der Waals surface area contributed by atoms with Gasteiger partial charge in [-0.15, -0.1) is 0 Å². The number of carbonyl (C=O) groups is 1. The minimum Gasteiger partial charge on any atom is -0.427 e. The highest BCUT2D eigenvalue weighted by Crippen LogP contribution is 2.15. The van der Waals surface area contributed by atoms with Gasteiger partial charge in [0.2, 0.25) is 0 Å². The first-order chi connectivity index (χ1) is 13.2. The number of rotatable bonds is 17. The second kappa shape index (κ2) is 16.8. The van der Waals surface area contributed by atoms with Gasteiger partial charge in [0.25, 0.3) is 0 Å². The van der Waals surface area contributed by atoms with E-state index in [1.165, 1.54) is 57.8 Å². The summed E-state index contributed by atoms with van der Waals surface area (Å²) in [5, 5.41) is 9.95. The van der Waals surface area contributed by atoms with Gasteiger partial charge in [0.1, 0.15) is 5.75 Å². The summed E-state index contributed by atoms with van der Waals surface area (Å²) < 4.78 is 5.28. The molecule has 154 valence electrons. The van der Waals surface area contributed by atoms with Gasteiger partial charge < -0.3 is 9.84 Å². The molecule has 0 aromatic heterocycles. The van der Waals surface area contributed by atoms with Gasteiger partial charge in [0, 0.05) is 6.42 Å². The number of ether oxygens (including phenoxy) is 1. The molecule has 3 nitrogen and oxygen atoms in total. The normalized spacial score (nSPS) is 12.1. The summed E-state index contributed by atoms with van der Waals surface area (Å²) in [6.45, 7) is 2.22. The molecule has 0 heterocycles. The van der Waals surface area contributed by atoms with Crippen molar-refractivity contribution in [2.24, 2.45) is 0 Å². The third-order valence-corrected chi connectivity index (χ3v) is 5.03.